The van der Waals surface area contributed by atoms with Crippen LogP contribution in [0.15, 0.2) is 36.0 Å². The Hall–Kier alpha value is -0.910. The maximum atomic E-state index is 2.31. The standard InChI is InChI=1S/C12H17/c1-3-11(4-2)9-10-12-7-5-6-8-12/h5-11H,3-4H2,1-2H3/q-1. The number of allylic oxidation sites excluding steroid dienone is 6. The van der Waals surface area contributed by atoms with Crippen LogP contribution in [0, 0.1) is 12.3 Å². The van der Waals surface area contributed by atoms with Gasteiger partial charge in [0.2, 0.25) is 0 Å². The van der Waals surface area contributed by atoms with Gasteiger partial charge in [0.05, 0.1) is 0 Å². The summed E-state index contributed by atoms with van der Waals surface area (Å²) in [6.45, 7) is 4.48. The molecule has 0 saturated heterocycles. The normalized spacial score (nSPS) is 14.4. The Morgan fingerprint density at radius 2 is 1.83 bits per heavy atom. The second-order valence-corrected chi connectivity index (χ2v) is 3.15. The lowest BCUT2D eigenvalue weighted by atomic mass is 9.98. The van der Waals surface area contributed by atoms with E-state index < -0.39 is 0 Å². The van der Waals surface area contributed by atoms with Gasteiger partial charge >= 0.3 is 0 Å². The fraction of sp³-hybridized carbons (Fsp3) is 0.417. The topological polar surface area (TPSA) is 0 Å². The zero-order valence-electron chi connectivity index (χ0n) is 7.96. The smallest absolute Gasteiger partial charge is 0.0652 e. The van der Waals surface area contributed by atoms with Crippen LogP contribution >= 0.6 is 0 Å². The highest BCUT2D eigenvalue weighted by molar-refractivity contribution is 5.41. The molecule has 0 aliphatic heterocycles. The summed E-state index contributed by atoms with van der Waals surface area (Å²) in [6, 6.07) is 0. The van der Waals surface area contributed by atoms with Gasteiger partial charge in [-0.2, -0.15) is 5.57 Å². The Morgan fingerprint density at radius 3 is 2.33 bits per heavy atom. The third-order valence-corrected chi connectivity index (χ3v) is 2.30. The van der Waals surface area contributed by atoms with Gasteiger partial charge in [0.15, 0.2) is 0 Å². The van der Waals surface area contributed by atoms with Gasteiger partial charge in [-0.25, -0.2) is 12.5 Å². The van der Waals surface area contributed by atoms with E-state index in [1.165, 1.54) is 18.4 Å². The van der Waals surface area contributed by atoms with Gasteiger partial charge < -0.3 is 0 Å². The first-order chi connectivity index (χ1) is 5.86. The molecule has 0 nitrogen and oxygen atoms in total. The van der Waals surface area contributed by atoms with Gasteiger partial charge in [-0.1, -0.05) is 44.8 Å². The first-order valence-corrected chi connectivity index (χ1v) is 4.76. The second kappa shape index (κ2) is 4.87. The van der Waals surface area contributed by atoms with E-state index in [2.05, 4.69) is 50.6 Å². The maximum absolute atomic E-state index is 2.31. The molecule has 1 aliphatic carbocycles. The third kappa shape index (κ3) is 2.61. The van der Waals surface area contributed by atoms with Crippen molar-refractivity contribution in [2.45, 2.75) is 26.7 Å². The van der Waals surface area contributed by atoms with Crippen molar-refractivity contribution in [3.05, 3.63) is 42.4 Å². The summed E-state index contributed by atoms with van der Waals surface area (Å²) >= 11 is 0. The van der Waals surface area contributed by atoms with Crippen molar-refractivity contribution in [1.29, 1.82) is 0 Å². The van der Waals surface area contributed by atoms with Crippen LogP contribution in [0.5, 0.6) is 0 Å². The lowest BCUT2D eigenvalue weighted by Crippen LogP contribution is -1.95. The molecule has 1 rings (SSSR count). The fourth-order valence-corrected chi connectivity index (χ4v) is 1.31. The van der Waals surface area contributed by atoms with E-state index in [1.54, 1.807) is 0 Å². The van der Waals surface area contributed by atoms with Crippen molar-refractivity contribution in [1.82, 2.24) is 0 Å². The molecule has 1 aliphatic rings. The van der Waals surface area contributed by atoms with E-state index in [4.69, 9.17) is 0 Å². The third-order valence-electron chi connectivity index (χ3n) is 2.30. The molecule has 12 heavy (non-hydrogen) atoms. The van der Waals surface area contributed by atoms with Crippen molar-refractivity contribution in [2.24, 2.45) is 5.92 Å². The SMILES string of the molecule is CCC([CH-]C=C1C=CC=C1)CC. The Bertz CT molecular complexity index is 188. The number of hydrogen-bond acceptors (Lipinski definition) is 0. The Kier molecular flexibility index (Phi) is 3.72. The summed E-state index contributed by atoms with van der Waals surface area (Å²) < 4.78 is 0. The molecule has 0 radical (unpaired) electrons. The highest BCUT2D eigenvalue weighted by Gasteiger charge is 1.93. The molecule has 0 unspecified atom stereocenters. The summed E-state index contributed by atoms with van der Waals surface area (Å²) in [5, 5.41) is 0. The summed E-state index contributed by atoms with van der Waals surface area (Å²) in [7, 11) is 0. The Balaban J connectivity index is 2.36. The molecule has 0 amide bonds. The van der Waals surface area contributed by atoms with Crippen LogP contribution in [0.2, 0.25) is 0 Å². The van der Waals surface area contributed by atoms with Gasteiger partial charge in [-0.15, -0.1) is 12.2 Å². The summed E-state index contributed by atoms with van der Waals surface area (Å²) in [5.41, 5.74) is 1.32. The highest BCUT2D eigenvalue weighted by atomic mass is 14.1. The summed E-state index contributed by atoms with van der Waals surface area (Å²) in [4.78, 5) is 0. The lowest BCUT2D eigenvalue weighted by molar-refractivity contribution is 0.578. The molecule has 66 valence electrons. The molecule has 0 heterocycles. The minimum atomic E-state index is 0.750. The lowest BCUT2D eigenvalue weighted by Gasteiger charge is -2.16. The molecule has 0 aromatic carbocycles. The van der Waals surface area contributed by atoms with Crippen LogP contribution in [-0.4, -0.2) is 0 Å². The van der Waals surface area contributed by atoms with Crippen LogP contribution in [0.3, 0.4) is 0 Å². The van der Waals surface area contributed by atoms with Crippen LogP contribution in [-0.2, 0) is 0 Å². The molecule has 0 N–H and O–H groups in total. The Labute approximate surface area is 75.7 Å². The average molecular weight is 161 g/mol. The maximum Gasteiger partial charge on any atom is -0.0652 e. The quantitative estimate of drug-likeness (QED) is 0.552. The molecule has 0 heteroatoms. The van der Waals surface area contributed by atoms with Gasteiger partial charge in [0, 0.05) is 0 Å². The molecule has 0 bridgehead atoms. The number of rotatable bonds is 4. The fourth-order valence-electron chi connectivity index (χ4n) is 1.31. The predicted molar refractivity (Wildman–Crippen MR) is 54.7 cm³/mol. The first kappa shape index (κ1) is 9.18. The van der Waals surface area contributed by atoms with Crippen molar-refractivity contribution in [3.8, 4) is 0 Å². The summed E-state index contributed by atoms with van der Waals surface area (Å²) in [5.74, 6) is 0.750. The molecule has 0 fully saturated rings. The van der Waals surface area contributed by atoms with Gasteiger partial charge in [0.1, 0.15) is 0 Å². The Morgan fingerprint density at radius 1 is 1.25 bits per heavy atom. The first-order valence-electron chi connectivity index (χ1n) is 4.76. The van der Waals surface area contributed by atoms with E-state index in [0.717, 1.165) is 5.92 Å². The van der Waals surface area contributed by atoms with Crippen LogP contribution in [0.25, 0.3) is 0 Å². The van der Waals surface area contributed by atoms with E-state index >= 15 is 0 Å². The van der Waals surface area contributed by atoms with Crippen molar-refractivity contribution in [2.75, 3.05) is 0 Å². The molecule has 0 aromatic rings. The zero-order chi connectivity index (χ0) is 8.81. The molecule has 0 saturated carbocycles. The van der Waals surface area contributed by atoms with Gasteiger partial charge in [-0.05, 0) is 0 Å². The van der Waals surface area contributed by atoms with Crippen LogP contribution < -0.4 is 0 Å². The van der Waals surface area contributed by atoms with Crippen LogP contribution in [0.4, 0.5) is 0 Å². The monoisotopic (exact) mass is 161 g/mol. The van der Waals surface area contributed by atoms with Gasteiger partial charge in [0.25, 0.3) is 0 Å². The largest absolute Gasteiger partial charge is 0.227 e. The minimum Gasteiger partial charge on any atom is -0.227 e. The van der Waals surface area contributed by atoms with Crippen LogP contribution in [0.1, 0.15) is 26.7 Å². The zero-order valence-corrected chi connectivity index (χ0v) is 7.96. The molecule has 0 spiro atoms. The van der Waals surface area contributed by atoms with E-state index in [0.29, 0.717) is 0 Å². The average Bonchev–Trinajstić information content (AvgIpc) is 2.59. The summed E-state index contributed by atoms with van der Waals surface area (Å²) in [6.07, 6.45) is 15.4. The van der Waals surface area contributed by atoms with Crippen molar-refractivity contribution < 1.29 is 0 Å². The van der Waals surface area contributed by atoms with Crippen molar-refractivity contribution in [3.63, 3.8) is 0 Å². The van der Waals surface area contributed by atoms with E-state index in [1.807, 2.05) is 0 Å². The number of hydrogen-bond donors (Lipinski definition) is 0. The molecule has 0 aromatic heterocycles. The van der Waals surface area contributed by atoms with E-state index in [9.17, 15) is 0 Å². The molecular weight excluding hydrogens is 144 g/mol. The highest BCUT2D eigenvalue weighted by Crippen LogP contribution is 2.15. The predicted octanol–water partition coefficient (Wildman–Crippen LogP) is 3.68. The van der Waals surface area contributed by atoms with E-state index in [-0.39, 0.29) is 0 Å². The second-order valence-electron chi connectivity index (χ2n) is 3.15. The molecule has 0 atom stereocenters. The minimum absolute atomic E-state index is 0.750. The molecular formula is C12H17-. The van der Waals surface area contributed by atoms with Crippen molar-refractivity contribution >= 4 is 0 Å². The van der Waals surface area contributed by atoms with Gasteiger partial charge in [-0.3, -0.25) is 0 Å².